The first kappa shape index (κ1) is 18.2. The van der Waals surface area contributed by atoms with Crippen LogP contribution in [0.4, 0.5) is 0 Å². The highest BCUT2D eigenvalue weighted by molar-refractivity contribution is 7.90. The van der Waals surface area contributed by atoms with Crippen molar-refractivity contribution in [1.82, 2.24) is 10.1 Å². The van der Waals surface area contributed by atoms with Gasteiger partial charge in [-0.05, 0) is 38.5 Å². The SMILES string of the molecule is Cc1noc(C)c1CC(=O)N(C)[C@H](C)c1ccc(S(C)(=O)=O)cc1. The Labute approximate surface area is 142 Å². The van der Waals surface area contributed by atoms with Crippen molar-refractivity contribution in [2.45, 2.75) is 38.1 Å². The van der Waals surface area contributed by atoms with E-state index in [0.29, 0.717) is 5.76 Å². The Bertz CT molecular complexity index is 818. The fourth-order valence-electron chi connectivity index (χ4n) is 2.46. The molecule has 0 aliphatic carbocycles. The van der Waals surface area contributed by atoms with Gasteiger partial charge in [0.25, 0.3) is 0 Å². The summed E-state index contributed by atoms with van der Waals surface area (Å²) in [5.74, 6) is 0.600. The number of nitrogens with zero attached hydrogens (tertiary/aromatic N) is 2. The van der Waals surface area contributed by atoms with E-state index in [4.69, 9.17) is 4.52 Å². The first-order chi connectivity index (χ1) is 11.1. The van der Waals surface area contributed by atoms with E-state index < -0.39 is 9.84 Å². The van der Waals surface area contributed by atoms with E-state index in [1.54, 1.807) is 43.1 Å². The smallest absolute Gasteiger partial charge is 0.227 e. The molecule has 0 aliphatic heterocycles. The van der Waals surface area contributed by atoms with Crippen molar-refractivity contribution >= 4 is 15.7 Å². The number of hydrogen-bond donors (Lipinski definition) is 0. The summed E-state index contributed by atoms with van der Waals surface area (Å²) in [5.41, 5.74) is 2.41. The van der Waals surface area contributed by atoms with Gasteiger partial charge in [0, 0.05) is 18.9 Å². The second-order valence-corrected chi connectivity index (χ2v) is 8.02. The van der Waals surface area contributed by atoms with Gasteiger partial charge in [-0.1, -0.05) is 17.3 Å². The molecule has 7 heteroatoms. The highest BCUT2D eigenvalue weighted by Gasteiger charge is 2.21. The van der Waals surface area contributed by atoms with Crippen molar-refractivity contribution in [2.75, 3.05) is 13.3 Å². The number of benzene rings is 1. The predicted molar refractivity (Wildman–Crippen MR) is 90.4 cm³/mol. The molecule has 1 heterocycles. The molecule has 1 atom stereocenters. The Kier molecular flexibility index (Phi) is 5.13. The van der Waals surface area contributed by atoms with E-state index in [0.717, 1.165) is 16.8 Å². The summed E-state index contributed by atoms with van der Waals surface area (Å²) >= 11 is 0. The summed E-state index contributed by atoms with van der Waals surface area (Å²) in [6.45, 7) is 5.50. The van der Waals surface area contributed by atoms with Gasteiger partial charge in [0.1, 0.15) is 5.76 Å². The van der Waals surface area contributed by atoms with Crippen LogP contribution in [0.3, 0.4) is 0 Å². The summed E-state index contributed by atoms with van der Waals surface area (Å²) < 4.78 is 28.1. The van der Waals surface area contributed by atoms with E-state index in [2.05, 4.69) is 5.16 Å². The van der Waals surface area contributed by atoms with Gasteiger partial charge in [-0.15, -0.1) is 0 Å². The lowest BCUT2D eigenvalue weighted by molar-refractivity contribution is -0.131. The number of rotatable bonds is 5. The average Bonchev–Trinajstić information content (AvgIpc) is 2.84. The van der Waals surface area contributed by atoms with Crippen LogP contribution in [-0.2, 0) is 21.1 Å². The van der Waals surface area contributed by atoms with E-state index >= 15 is 0 Å². The third kappa shape index (κ3) is 3.84. The second kappa shape index (κ2) is 6.76. The summed E-state index contributed by atoms with van der Waals surface area (Å²) in [6.07, 6.45) is 1.40. The van der Waals surface area contributed by atoms with Crippen molar-refractivity contribution in [1.29, 1.82) is 0 Å². The number of amides is 1. The number of sulfone groups is 1. The zero-order valence-corrected chi connectivity index (χ0v) is 15.3. The molecule has 0 saturated carbocycles. The molecule has 0 unspecified atom stereocenters. The molecule has 0 bridgehead atoms. The largest absolute Gasteiger partial charge is 0.361 e. The summed E-state index contributed by atoms with van der Waals surface area (Å²) in [5, 5.41) is 3.86. The number of aromatic nitrogens is 1. The maximum atomic E-state index is 12.5. The standard InChI is InChI=1S/C17H22N2O4S/c1-11-16(13(3)23-18-11)10-17(20)19(4)12(2)14-6-8-15(9-7-14)24(5,21)22/h6-9,12H,10H2,1-5H3/t12-/m1/s1. The number of carbonyl (C=O) groups is 1. The Morgan fingerprint density at radius 2 is 1.83 bits per heavy atom. The van der Waals surface area contributed by atoms with Gasteiger partial charge in [0.05, 0.1) is 23.1 Å². The molecule has 6 nitrogen and oxygen atoms in total. The van der Waals surface area contributed by atoms with Crippen LogP contribution in [0.1, 0.15) is 35.5 Å². The van der Waals surface area contributed by atoms with Crippen LogP contribution >= 0.6 is 0 Å². The molecule has 24 heavy (non-hydrogen) atoms. The number of likely N-dealkylation sites (N-methyl/N-ethyl adjacent to an activating group) is 1. The number of hydrogen-bond acceptors (Lipinski definition) is 5. The van der Waals surface area contributed by atoms with Crippen LogP contribution in [-0.4, -0.2) is 37.7 Å². The van der Waals surface area contributed by atoms with Gasteiger partial charge in [0.2, 0.25) is 5.91 Å². The van der Waals surface area contributed by atoms with E-state index in [-0.39, 0.29) is 23.3 Å². The molecule has 1 amide bonds. The summed E-state index contributed by atoms with van der Waals surface area (Å²) in [6, 6.07) is 6.43. The maximum absolute atomic E-state index is 12.5. The molecule has 2 aromatic rings. The van der Waals surface area contributed by atoms with E-state index in [1.807, 2.05) is 13.8 Å². The minimum absolute atomic E-state index is 0.0518. The lowest BCUT2D eigenvalue weighted by Crippen LogP contribution is -2.31. The van der Waals surface area contributed by atoms with Gasteiger partial charge in [-0.25, -0.2) is 8.42 Å². The minimum Gasteiger partial charge on any atom is -0.361 e. The lowest BCUT2D eigenvalue weighted by atomic mass is 10.1. The Hall–Kier alpha value is -2.15. The summed E-state index contributed by atoms with van der Waals surface area (Å²) in [4.78, 5) is 14.4. The predicted octanol–water partition coefficient (Wildman–Crippen LogP) is 2.46. The fourth-order valence-corrected chi connectivity index (χ4v) is 3.09. The molecule has 0 N–H and O–H groups in total. The summed E-state index contributed by atoms with van der Waals surface area (Å²) in [7, 11) is -1.49. The lowest BCUT2D eigenvalue weighted by Gasteiger charge is -2.25. The average molecular weight is 350 g/mol. The van der Waals surface area contributed by atoms with E-state index in [9.17, 15) is 13.2 Å². The zero-order chi connectivity index (χ0) is 18.1. The van der Waals surface area contributed by atoms with Crippen LogP contribution in [0.5, 0.6) is 0 Å². The van der Waals surface area contributed by atoms with Gasteiger partial charge >= 0.3 is 0 Å². The number of aryl methyl sites for hydroxylation is 2. The van der Waals surface area contributed by atoms with Crippen molar-refractivity contribution in [3.8, 4) is 0 Å². The molecule has 1 aromatic heterocycles. The molecule has 1 aromatic carbocycles. The van der Waals surface area contributed by atoms with Gasteiger partial charge < -0.3 is 9.42 Å². The topological polar surface area (TPSA) is 80.5 Å². The number of carbonyl (C=O) groups excluding carboxylic acids is 1. The quantitative estimate of drug-likeness (QED) is 0.827. The Balaban J connectivity index is 2.14. The van der Waals surface area contributed by atoms with Crippen molar-refractivity contribution in [3.05, 3.63) is 46.8 Å². The molecule has 0 saturated heterocycles. The highest BCUT2D eigenvalue weighted by atomic mass is 32.2. The third-order valence-electron chi connectivity index (χ3n) is 4.27. The van der Waals surface area contributed by atoms with Crippen LogP contribution < -0.4 is 0 Å². The van der Waals surface area contributed by atoms with Crippen LogP contribution in [0.2, 0.25) is 0 Å². The monoisotopic (exact) mass is 350 g/mol. The fraction of sp³-hybridized carbons (Fsp3) is 0.412. The minimum atomic E-state index is -3.22. The molecular weight excluding hydrogens is 328 g/mol. The second-order valence-electron chi connectivity index (χ2n) is 6.00. The van der Waals surface area contributed by atoms with E-state index in [1.165, 1.54) is 6.26 Å². The van der Waals surface area contributed by atoms with Gasteiger partial charge in [0.15, 0.2) is 9.84 Å². The molecule has 0 radical (unpaired) electrons. The Morgan fingerprint density at radius 3 is 2.29 bits per heavy atom. The molecule has 2 rings (SSSR count). The molecule has 130 valence electrons. The molecule has 0 fully saturated rings. The van der Waals surface area contributed by atoms with Crippen molar-refractivity contribution in [3.63, 3.8) is 0 Å². The van der Waals surface area contributed by atoms with Crippen LogP contribution in [0.25, 0.3) is 0 Å². The van der Waals surface area contributed by atoms with Crippen LogP contribution in [0, 0.1) is 13.8 Å². The van der Waals surface area contributed by atoms with Crippen molar-refractivity contribution < 1.29 is 17.7 Å². The first-order valence-corrected chi connectivity index (χ1v) is 9.48. The first-order valence-electron chi connectivity index (χ1n) is 7.58. The van der Waals surface area contributed by atoms with Crippen LogP contribution in [0.15, 0.2) is 33.7 Å². The zero-order valence-electron chi connectivity index (χ0n) is 14.5. The Morgan fingerprint density at radius 1 is 1.25 bits per heavy atom. The molecular formula is C17H22N2O4S. The highest BCUT2D eigenvalue weighted by Crippen LogP contribution is 2.22. The van der Waals surface area contributed by atoms with Gasteiger partial charge in [-0.2, -0.15) is 0 Å². The molecule has 0 aliphatic rings. The normalized spacial score (nSPS) is 12.9. The van der Waals surface area contributed by atoms with Crippen molar-refractivity contribution in [2.24, 2.45) is 0 Å². The molecule has 0 spiro atoms. The maximum Gasteiger partial charge on any atom is 0.227 e. The third-order valence-corrected chi connectivity index (χ3v) is 5.40. The van der Waals surface area contributed by atoms with Gasteiger partial charge in [-0.3, -0.25) is 4.79 Å².